The van der Waals surface area contributed by atoms with Crippen LogP contribution in [0.4, 0.5) is 0 Å². The molecule has 2 rings (SSSR count). The second-order valence-electron chi connectivity index (χ2n) is 4.70. The number of aryl methyl sites for hydroxylation is 1. The number of para-hydroxylation sites is 1. The van der Waals surface area contributed by atoms with Crippen LogP contribution in [0.5, 0.6) is 0 Å². The first-order chi connectivity index (χ1) is 7.59. The molecule has 0 aliphatic rings. The summed E-state index contributed by atoms with van der Waals surface area (Å²) >= 11 is 0. The third-order valence-electron chi connectivity index (χ3n) is 3.12. The van der Waals surface area contributed by atoms with Crippen molar-refractivity contribution in [3.05, 3.63) is 30.0 Å². The van der Waals surface area contributed by atoms with Gasteiger partial charge in [0, 0.05) is 24.9 Å². The normalized spacial score (nSPS) is 13.6. The summed E-state index contributed by atoms with van der Waals surface area (Å²) in [6, 6.07) is 8.47. The molecule has 0 aliphatic heterocycles. The van der Waals surface area contributed by atoms with Gasteiger partial charge in [0.05, 0.1) is 11.2 Å². The first kappa shape index (κ1) is 11.1. The first-order valence-electron chi connectivity index (χ1n) is 5.75. The fraction of sp³-hybridized carbons (Fsp3) is 0.462. The van der Waals surface area contributed by atoms with Crippen LogP contribution in [-0.2, 0) is 13.5 Å². The lowest BCUT2D eigenvalue weighted by Gasteiger charge is -2.13. The lowest BCUT2D eigenvalue weighted by atomic mass is 9.99. The van der Waals surface area contributed by atoms with E-state index in [9.17, 15) is 0 Å². The Morgan fingerprint density at radius 3 is 2.69 bits per heavy atom. The standard InChI is InChI=1S/C13H19N3/c1-9(2)11(14)8-12-10-6-4-5-7-13(10)16(3)15-12/h4-7,9,11H,8,14H2,1-3H3. The molecule has 2 aromatic rings. The third-order valence-corrected chi connectivity index (χ3v) is 3.12. The van der Waals surface area contributed by atoms with E-state index in [1.807, 2.05) is 17.8 Å². The molecule has 0 saturated heterocycles. The molecular weight excluding hydrogens is 198 g/mol. The highest BCUT2D eigenvalue weighted by Gasteiger charge is 2.14. The Bertz CT molecular complexity index is 485. The largest absolute Gasteiger partial charge is 0.327 e. The highest BCUT2D eigenvalue weighted by atomic mass is 15.3. The number of nitrogens with two attached hydrogens (primary N) is 1. The molecule has 1 aromatic carbocycles. The van der Waals surface area contributed by atoms with Gasteiger partial charge < -0.3 is 5.73 Å². The zero-order valence-electron chi connectivity index (χ0n) is 10.1. The molecular formula is C13H19N3. The van der Waals surface area contributed by atoms with E-state index in [1.54, 1.807) is 0 Å². The monoisotopic (exact) mass is 217 g/mol. The molecule has 16 heavy (non-hydrogen) atoms. The van der Waals surface area contributed by atoms with Gasteiger partial charge in [-0.3, -0.25) is 4.68 Å². The fourth-order valence-corrected chi connectivity index (χ4v) is 1.90. The van der Waals surface area contributed by atoms with Gasteiger partial charge in [0.15, 0.2) is 0 Å². The molecule has 0 bridgehead atoms. The molecule has 0 saturated carbocycles. The molecule has 2 N–H and O–H groups in total. The molecule has 3 heteroatoms. The Balaban J connectivity index is 2.38. The van der Waals surface area contributed by atoms with Crippen molar-refractivity contribution in [3.63, 3.8) is 0 Å². The van der Waals surface area contributed by atoms with Crippen LogP contribution >= 0.6 is 0 Å². The van der Waals surface area contributed by atoms with Crippen LogP contribution in [0.1, 0.15) is 19.5 Å². The van der Waals surface area contributed by atoms with Crippen molar-refractivity contribution in [2.45, 2.75) is 26.3 Å². The van der Waals surface area contributed by atoms with E-state index in [1.165, 1.54) is 10.9 Å². The Labute approximate surface area is 96.2 Å². The maximum absolute atomic E-state index is 6.10. The molecule has 3 nitrogen and oxygen atoms in total. The first-order valence-corrected chi connectivity index (χ1v) is 5.75. The van der Waals surface area contributed by atoms with Gasteiger partial charge in [-0.25, -0.2) is 0 Å². The smallest absolute Gasteiger partial charge is 0.0718 e. The van der Waals surface area contributed by atoms with Crippen LogP contribution in [0.15, 0.2) is 24.3 Å². The lowest BCUT2D eigenvalue weighted by Crippen LogP contribution is -2.29. The van der Waals surface area contributed by atoms with E-state index in [2.05, 4.69) is 37.1 Å². The Kier molecular flexibility index (Phi) is 2.97. The van der Waals surface area contributed by atoms with E-state index in [0.717, 1.165) is 12.1 Å². The van der Waals surface area contributed by atoms with Gasteiger partial charge in [-0.05, 0) is 12.0 Å². The van der Waals surface area contributed by atoms with Crippen molar-refractivity contribution >= 4 is 10.9 Å². The van der Waals surface area contributed by atoms with Gasteiger partial charge in [-0.1, -0.05) is 32.0 Å². The van der Waals surface area contributed by atoms with Crippen molar-refractivity contribution in [2.24, 2.45) is 18.7 Å². The van der Waals surface area contributed by atoms with Crippen LogP contribution in [0.25, 0.3) is 10.9 Å². The van der Waals surface area contributed by atoms with Crippen molar-refractivity contribution in [1.82, 2.24) is 9.78 Å². The molecule has 0 fully saturated rings. The molecule has 0 aliphatic carbocycles. The maximum atomic E-state index is 6.10. The van der Waals surface area contributed by atoms with Crippen LogP contribution in [0.2, 0.25) is 0 Å². The van der Waals surface area contributed by atoms with Crippen molar-refractivity contribution in [2.75, 3.05) is 0 Å². The van der Waals surface area contributed by atoms with E-state index in [4.69, 9.17) is 5.73 Å². The van der Waals surface area contributed by atoms with E-state index >= 15 is 0 Å². The summed E-state index contributed by atoms with van der Waals surface area (Å²) in [6.07, 6.45) is 0.846. The molecule has 0 spiro atoms. The highest BCUT2D eigenvalue weighted by Crippen LogP contribution is 2.19. The third kappa shape index (κ3) is 1.95. The summed E-state index contributed by atoms with van der Waals surface area (Å²) in [7, 11) is 1.98. The molecule has 0 radical (unpaired) electrons. The van der Waals surface area contributed by atoms with E-state index < -0.39 is 0 Å². The van der Waals surface area contributed by atoms with Gasteiger partial charge in [0.25, 0.3) is 0 Å². The number of nitrogens with zero attached hydrogens (tertiary/aromatic N) is 2. The second-order valence-corrected chi connectivity index (χ2v) is 4.70. The quantitative estimate of drug-likeness (QED) is 0.855. The Hall–Kier alpha value is -1.35. The summed E-state index contributed by atoms with van der Waals surface area (Å²) in [5.74, 6) is 0.487. The molecule has 1 unspecified atom stereocenters. The second kappa shape index (κ2) is 4.26. The zero-order chi connectivity index (χ0) is 11.7. The van der Waals surface area contributed by atoms with E-state index in [0.29, 0.717) is 5.92 Å². The number of aromatic nitrogens is 2. The molecule has 1 aromatic heterocycles. The molecule has 86 valence electrons. The summed E-state index contributed by atoms with van der Waals surface area (Å²) in [4.78, 5) is 0. The van der Waals surface area contributed by atoms with E-state index in [-0.39, 0.29) is 6.04 Å². The zero-order valence-corrected chi connectivity index (χ0v) is 10.1. The molecule has 0 amide bonds. The van der Waals surface area contributed by atoms with Gasteiger partial charge in [0.1, 0.15) is 0 Å². The van der Waals surface area contributed by atoms with Crippen molar-refractivity contribution in [3.8, 4) is 0 Å². The van der Waals surface area contributed by atoms with Crippen LogP contribution in [-0.4, -0.2) is 15.8 Å². The minimum absolute atomic E-state index is 0.179. The van der Waals surface area contributed by atoms with Crippen LogP contribution in [0.3, 0.4) is 0 Å². The van der Waals surface area contributed by atoms with Gasteiger partial charge in [0.2, 0.25) is 0 Å². The van der Waals surface area contributed by atoms with Crippen LogP contribution in [0, 0.1) is 5.92 Å². The SMILES string of the molecule is CC(C)C(N)Cc1nn(C)c2ccccc12. The number of hydrogen-bond acceptors (Lipinski definition) is 2. The number of fused-ring (bicyclic) bond motifs is 1. The summed E-state index contributed by atoms with van der Waals surface area (Å²) in [6.45, 7) is 4.30. The summed E-state index contributed by atoms with van der Waals surface area (Å²) in [5, 5.41) is 5.77. The molecule has 1 heterocycles. The van der Waals surface area contributed by atoms with Gasteiger partial charge in [-0.15, -0.1) is 0 Å². The number of benzene rings is 1. The molecule has 1 atom stereocenters. The van der Waals surface area contributed by atoms with Crippen molar-refractivity contribution < 1.29 is 0 Å². The summed E-state index contributed by atoms with van der Waals surface area (Å²) < 4.78 is 1.93. The van der Waals surface area contributed by atoms with Gasteiger partial charge >= 0.3 is 0 Å². The average Bonchev–Trinajstić information content (AvgIpc) is 2.57. The van der Waals surface area contributed by atoms with Crippen LogP contribution < -0.4 is 5.73 Å². The Morgan fingerprint density at radius 2 is 2.00 bits per heavy atom. The predicted molar refractivity (Wildman–Crippen MR) is 67.2 cm³/mol. The maximum Gasteiger partial charge on any atom is 0.0718 e. The highest BCUT2D eigenvalue weighted by molar-refractivity contribution is 5.81. The van der Waals surface area contributed by atoms with Gasteiger partial charge in [-0.2, -0.15) is 5.10 Å². The number of hydrogen-bond donors (Lipinski definition) is 1. The Morgan fingerprint density at radius 1 is 1.31 bits per heavy atom. The van der Waals surface area contributed by atoms with Crippen molar-refractivity contribution in [1.29, 1.82) is 0 Å². The average molecular weight is 217 g/mol. The number of rotatable bonds is 3. The predicted octanol–water partition coefficient (Wildman–Crippen LogP) is 2.10. The fourth-order valence-electron chi connectivity index (χ4n) is 1.90. The summed E-state index contributed by atoms with van der Waals surface area (Å²) in [5.41, 5.74) is 8.38. The topological polar surface area (TPSA) is 43.8 Å². The minimum Gasteiger partial charge on any atom is -0.327 e. The minimum atomic E-state index is 0.179. The lowest BCUT2D eigenvalue weighted by molar-refractivity contribution is 0.485.